The molecule has 0 fully saturated rings. The monoisotopic (exact) mass is 191 g/mol. The minimum Gasteiger partial charge on any atom is -0.377 e. The summed E-state index contributed by atoms with van der Waals surface area (Å²) in [6.07, 6.45) is 1.80. The van der Waals surface area contributed by atoms with E-state index in [1.54, 1.807) is 6.20 Å². The first-order chi connectivity index (χ1) is 6.57. The quantitative estimate of drug-likeness (QED) is 0.794. The summed E-state index contributed by atoms with van der Waals surface area (Å²) in [5, 5.41) is 3.07. The molecule has 14 heavy (non-hydrogen) atoms. The van der Waals surface area contributed by atoms with Gasteiger partial charge in [0.1, 0.15) is 5.82 Å². The highest BCUT2D eigenvalue weighted by atomic mass is 15.1. The first kappa shape index (κ1) is 10.6. The zero-order valence-corrected chi connectivity index (χ0v) is 9.26. The van der Waals surface area contributed by atoms with Crippen LogP contribution in [0, 0.1) is 0 Å². The Bertz CT molecular complexity index is 342. The SMILES string of the molecule is C=C(C)c1c(N(C)C)ccnc1NC. The van der Waals surface area contributed by atoms with Crippen LogP contribution in [-0.2, 0) is 0 Å². The van der Waals surface area contributed by atoms with Crippen LogP contribution in [0.1, 0.15) is 12.5 Å². The Kier molecular flexibility index (Phi) is 3.12. The summed E-state index contributed by atoms with van der Waals surface area (Å²) in [6.45, 7) is 5.96. The largest absolute Gasteiger partial charge is 0.377 e. The van der Waals surface area contributed by atoms with Gasteiger partial charge >= 0.3 is 0 Å². The lowest BCUT2D eigenvalue weighted by Gasteiger charge is -2.19. The van der Waals surface area contributed by atoms with Crippen molar-refractivity contribution in [2.45, 2.75) is 6.92 Å². The van der Waals surface area contributed by atoms with Gasteiger partial charge in [0.05, 0.1) is 0 Å². The average molecular weight is 191 g/mol. The van der Waals surface area contributed by atoms with E-state index < -0.39 is 0 Å². The van der Waals surface area contributed by atoms with Crippen LogP contribution >= 0.6 is 0 Å². The molecule has 0 aliphatic rings. The molecule has 0 spiro atoms. The maximum absolute atomic E-state index is 4.26. The van der Waals surface area contributed by atoms with Crippen molar-refractivity contribution in [1.82, 2.24) is 4.98 Å². The Hall–Kier alpha value is -1.51. The number of hydrogen-bond acceptors (Lipinski definition) is 3. The van der Waals surface area contributed by atoms with Gasteiger partial charge < -0.3 is 10.2 Å². The van der Waals surface area contributed by atoms with E-state index in [1.807, 2.05) is 34.1 Å². The van der Waals surface area contributed by atoms with Gasteiger partial charge in [-0.3, -0.25) is 0 Å². The van der Waals surface area contributed by atoms with E-state index in [9.17, 15) is 0 Å². The van der Waals surface area contributed by atoms with Crippen LogP contribution < -0.4 is 10.2 Å². The van der Waals surface area contributed by atoms with Crippen LogP contribution in [0.3, 0.4) is 0 Å². The van der Waals surface area contributed by atoms with Crippen LogP contribution in [0.25, 0.3) is 5.57 Å². The second-order valence-corrected chi connectivity index (χ2v) is 3.48. The van der Waals surface area contributed by atoms with Gasteiger partial charge in [-0.15, -0.1) is 0 Å². The summed E-state index contributed by atoms with van der Waals surface area (Å²) in [7, 11) is 5.90. The van der Waals surface area contributed by atoms with Crippen LogP contribution in [0.2, 0.25) is 0 Å². The minimum absolute atomic E-state index is 0.878. The van der Waals surface area contributed by atoms with Crippen LogP contribution in [0.4, 0.5) is 11.5 Å². The maximum atomic E-state index is 4.26. The van der Waals surface area contributed by atoms with E-state index in [-0.39, 0.29) is 0 Å². The van der Waals surface area contributed by atoms with Crippen molar-refractivity contribution in [2.75, 3.05) is 31.4 Å². The Morgan fingerprint density at radius 2 is 2.14 bits per heavy atom. The molecule has 0 unspecified atom stereocenters. The third kappa shape index (κ3) is 1.87. The smallest absolute Gasteiger partial charge is 0.135 e. The van der Waals surface area contributed by atoms with Crippen molar-refractivity contribution in [3.05, 3.63) is 24.4 Å². The van der Waals surface area contributed by atoms with Crippen LogP contribution in [0.5, 0.6) is 0 Å². The van der Waals surface area contributed by atoms with Crippen LogP contribution in [-0.4, -0.2) is 26.1 Å². The van der Waals surface area contributed by atoms with Gasteiger partial charge in [0.25, 0.3) is 0 Å². The number of aromatic nitrogens is 1. The second kappa shape index (κ2) is 4.13. The Morgan fingerprint density at radius 1 is 1.50 bits per heavy atom. The number of anilines is 2. The van der Waals surface area contributed by atoms with Gasteiger partial charge in [0, 0.05) is 38.6 Å². The molecule has 76 valence electrons. The zero-order chi connectivity index (χ0) is 10.7. The summed E-state index contributed by atoms with van der Waals surface area (Å²) >= 11 is 0. The van der Waals surface area contributed by atoms with Crippen molar-refractivity contribution in [3.63, 3.8) is 0 Å². The number of nitrogens with one attached hydrogen (secondary N) is 1. The molecule has 3 nitrogen and oxygen atoms in total. The molecular weight excluding hydrogens is 174 g/mol. The average Bonchev–Trinajstić information content (AvgIpc) is 2.16. The molecule has 0 aromatic carbocycles. The fourth-order valence-corrected chi connectivity index (χ4v) is 1.43. The third-order valence-electron chi connectivity index (χ3n) is 2.07. The van der Waals surface area contributed by atoms with E-state index in [2.05, 4.69) is 21.8 Å². The highest BCUT2D eigenvalue weighted by Gasteiger charge is 2.10. The number of rotatable bonds is 3. The summed E-state index contributed by atoms with van der Waals surface area (Å²) in [6, 6.07) is 1.99. The van der Waals surface area contributed by atoms with E-state index in [1.165, 1.54) is 0 Å². The molecule has 0 aliphatic carbocycles. The minimum atomic E-state index is 0.878. The Labute approximate surface area is 85.5 Å². The molecule has 0 saturated heterocycles. The molecular formula is C11H17N3. The summed E-state index contributed by atoms with van der Waals surface area (Å²) in [4.78, 5) is 6.32. The van der Waals surface area contributed by atoms with E-state index in [0.29, 0.717) is 0 Å². The first-order valence-corrected chi connectivity index (χ1v) is 4.58. The fraction of sp³-hybridized carbons (Fsp3) is 0.364. The fourth-order valence-electron chi connectivity index (χ4n) is 1.43. The van der Waals surface area contributed by atoms with E-state index >= 15 is 0 Å². The molecule has 0 amide bonds. The number of allylic oxidation sites excluding steroid dienone is 1. The van der Waals surface area contributed by atoms with Crippen molar-refractivity contribution < 1.29 is 0 Å². The lowest BCUT2D eigenvalue weighted by molar-refractivity contribution is 1.11. The molecule has 1 aromatic rings. The van der Waals surface area contributed by atoms with Gasteiger partial charge in [0.2, 0.25) is 0 Å². The molecule has 0 bridgehead atoms. The first-order valence-electron chi connectivity index (χ1n) is 4.58. The molecule has 0 aliphatic heterocycles. The second-order valence-electron chi connectivity index (χ2n) is 3.48. The number of pyridine rings is 1. The predicted octanol–water partition coefficient (Wildman–Crippen LogP) is 2.22. The van der Waals surface area contributed by atoms with Gasteiger partial charge in [-0.25, -0.2) is 4.98 Å². The third-order valence-corrected chi connectivity index (χ3v) is 2.07. The van der Waals surface area contributed by atoms with Crippen molar-refractivity contribution in [1.29, 1.82) is 0 Å². The van der Waals surface area contributed by atoms with Gasteiger partial charge in [-0.05, 0) is 18.6 Å². The highest BCUT2D eigenvalue weighted by Crippen LogP contribution is 2.29. The van der Waals surface area contributed by atoms with Gasteiger partial charge in [-0.2, -0.15) is 0 Å². The molecule has 0 atom stereocenters. The topological polar surface area (TPSA) is 28.2 Å². The molecule has 3 heteroatoms. The van der Waals surface area contributed by atoms with Crippen LogP contribution in [0.15, 0.2) is 18.8 Å². The highest BCUT2D eigenvalue weighted by molar-refractivity contribution is 5.81. The van der Waals surface area contributed by atoms with E-state index in [4.69, 9.17) is 0 Å². The van der Waals surface area contributed by atoms with Gasteiger partial charge in [0.15, 0.2) is 0 Å². The van der Waals surface area contributed by atoms with Crippen molar-refractivity contribution >= 4 is 17.1 Å². The normalized spacial score (nSPS) is 9.71. The molecule has 0 radical (unpaired) electrons. The summed E-state index contributed by atoms with van der Waals surface area (Å²) in [5.74, 6) is 0.878. The Balaban J connectivity index is 3.35. The lowest BCUT2D eigenvalue weighted by atomic mass is 10.1. The maximum Gasteiger partial charge on any atom is 0.135 e. The molecule has 0 saturated carbocycles. The molecule has 1 N–H and O–H groups in total. The van der Waals surface area contributed by atoms with E-state index in [0.717, 1.165) is 22.6 Å². The van der Waals surface area contributed by atoms with Crippen molar-refractivity contribution in [3.8, 4) is 0 Å². The molecule has 1 aromatic heterocycles. The summed E-state index contributed by atoms with van der Waals surface area (Å²) < 4.78 is 0. The number of hydrogen-bond donors (Lipinski definition) is 1. The predicted molar refractivity (Wildman–Crippen MR) is 62.8 cm³/mol. The lowest BCUT2D eigenvalue weighted by Crippen LogP contribution is -2.12. The summed E-state index contributed by atoms with van der Waals surface area (Å²) in [5.41, 5.74) is 3.24. The zero-order valence-electron chi connectivity index (χ0n) is 9.26. The molecule has 1 rings (SSSR count). The van der Waals surface area contributed by atoms with Crippen molar-refractivity contribution in [2.24, 2.45) is 0 Å². The number of nitrogens with zero attached hydrogens (tertiary/aromatic N) is 2. The Morgan fingerprint density at radius 3 is 2.57 bits per heavy atom. The standard InChI is InChI=1S/C11H17N3/c1-8(2)10-9(14(4)5)6-7-13-11(10)12-3/h6-7H,1H2,2-5H3,(H,12,13). The van der Waals surface area contributed by atoms with Gasteiger partial charge in [-0.1, -0.05) is 6.58 Å². The molecule has 1 heterocycles.